The normalized spacial score (nSPS) is 15.1. The van der Waals surface area contributed by atoms with Gasteiger partial charge in [-0.1, -0.05) is 34.0 Å². The summed E-state index contributed by atoms with van der Waals surface area (Å²) in [6.07, 6.45) is -8.71. The van der Waals surface area contributed by atoms with E-state index in [1.807, 2.05) is 0 Å². The molecule has 0 spiro atoms. The van der Waals surface area contributed by atoms with Gasteiger partial charge < -0.3 is 10.6 Å². The number of nitrogens with zero attached hydrogens (tertiary/aromatic N) is 2. The minimum atomic E-state index is -4.86. The van der Waals surface area contributed by atoms with Crippen LogP contribution >= 0.6 is 23.5 Å². The van der Waals surface area contributed by atoms with E-state index < -0.39 is 23.9 Å². The Bertz CT molecular complexity index is 1360. The van der Waals surface area contributed by atoms with Gasteiger partial charge in [0.1, 0.15) is 0 Å². The molecule has 0 saturated heterocycles. The predicted molar refractivity (Wildman–Crippen MR) is 134 cm³/mol. The number of benzene rings is 2. The maximum atomic E-state index is 12.1. The molecule has 0 bridgehead atoms. The molecule has 205 valence electrons. The maximum absolute atomic E-state index is 12.1. The van der Waals surface area contributed by atoms with Crippen molar-refractivity contribution in [3.63, 3.8) is 0 Å². The number of carbonyl (C=O) groups excluding carboxylic acids is 2. The molecule has 4 nitrogen and oxygen atoms in total. The average Bonchev–Trinajstić information content (AvgIpc) is 3.40. The minimum Gasteiger partial charge on any atom is -0.651 e. The molecule has 39 heavy (non-hydrogen) atoms. The quantitative estimate of drug-likeness (QED) is 0.145. The van der Waals surface area contributed by atoms with Crippen LogP contribution in [0.2, 0.25) is 0 Å². The molecule has 0 amide bonds. The number of ketones is 2. The van der Waals surface area contributed by atoms with Crippen molar-refractivity contribution >= 4 is 46.5 Å². The molecular formula is C26H14CuF6N2O2S2. The zero-order valence-corrected chi connectivity index (χ0v) is 22.3. The summed E-state index contributed by atoms with van der Waals surface area (Å²) in [6.45, 7) is 3.39. The summed E-state index contributed by atoms with van der Waals surface area (Å²) in [5, 5.41) is 8.00. The van der Waals surface area contributed by atoms with Crippen LogP contribution in [0.15, 0.2) is 68.4 Å². The Morgan fingerprint density at radius 2 is 1.08 bits per heavy atom. The first-order chi connectivity index (χ1) is 17.8. The molecule has 13 heteroatoms. The number of carbonyl (C=O) groups is 2. The number of hydrogen-bond donors (Lipinski definition) is 0. The third-order valence-corrected chi connectivity index (χ3v) is 6.35. The van der Waals surface area contributed by atoms with Crippen LogP contribution in [0.5, 0.6) is 0 Å². The Morgan fingerprint density at radius 1 is 0.718 bits per heavy atom. The molecule has 4 rings (SSSR count). The molecule has 0 atom stereocenters. The van der Waals surface area contributed by atoms with Crippen LogP contribution < -0.4 is 0 Å². The smallest absolute Gasteiger partial charge is 0.651 e. The van der Waals surface area contributed by atoms with Gasteiger partial charge >= 0.3 is 29.4 Å². The van der Waals surface area contributed by atoms with Gasteiger partial charge in [-0.05, 0) is 60.1 Å². The summed E-state index contributed by atoms with van der Waals surface area (Å²) in [5.74, 6) is 7.35. The molecule has 2 aromatic carbocycles. The van der Waals surface area contributed by atoms with Crippen LogP contribution in [0.3, 0.4) is 0 Å². The molecule has 1 radical (unpaired) electrons. The Labute approximate surface area is 238 Å². The van der Waals surface area contributed by atoms with Crippen molar-refractivity contribution in [1.82, 2.24) is 0 Å². The molecule has 0 aliphatic carbocycles. The van der Waals surface area contributed by atoms with Crippen LogP contribution in [0.1, 0.15) is 25.0 Å². The first kappa shape index (κ1) is 32.0. The number of allylic oxidation sites excluding steroid dienone is 2. The largest absolute Gasteiger partial charge is 2.00 e. The summed E-state index contributed by atoms with van der Waals surface area (Å²) in [4.78, 5) is 23.1. The van der Waals surface area contributed by atoms with Gasteiger partial charge in [0, 0.05) is 11.1 Å². The molecule has 2 aliphatic heterocycles. The van der Waals surface area contributed by atoms with Gasteiger partial charge in [-0.3, -0.25) is 9.59 Å². The van der Waals surface area contributed by atoms with Crippen molar-refractivity contribution in [1.29, 1.82) is 0 Å². The zero-order chi connectivity index (χ0) is 28.1. The molecule has 2 aliphatic rings. The summed E-state index contributed by atoms with van der Waals surface area (Å²) >= 11 is 2.05. The SMILES string of the molecule is CC#Cc1ccc2c(c1)S/C(=C/C(=O)C(F)(F)F)[N-]2.CC#Cc1ccc2c(c1)S/C(=C/C(=O)C(F)(F)F)[N-]2.[Cu+2]. The minimum absolute atomic E-state index is 0. The van der Waals surface area contributed by atoms with Gasteiger partial charge in [0.15, 0.2) is 0 Å². The number of thioether (sulfide) groups is 2. The second kappa shape index (κ2) is 13.2. The number of fused-ring (bicyclic) bond motifs is 2. The van der Waals surface area contributed by atoms with Gasteiger partial charge in [-0.15, -0.1) is 46.7 Å². The first-order valence-electron chi connectivity index (χ1n) is 10.4. The third-order valence-electron chi connectivity index (χ3n) is 4.42. The molecule has 2 heterocycles. The van der Waals surface area contributed by atoms with E-state index >= 15 is 0 Å². The molecule has 0 unspecified atom stereocenters. The topological polar surface area (TPSA) is 62.3 Å². The molecule has 0 fully saturated rings. The van der Waals surface area contributed by atoms with E-state index in [4.69, 9.17) is 0 Å². The Hall–Kier alpha value is -3.22. The van der Waals surface area contributed by atoms with Crippen molar-refractivity contribution in [3.05, 3.63) is 80.4 Å². The summed E-state index contributed by atoms with van der Waals surface area (Å²) < 4.78 is 72.8. The van der Waals surface area contributed by atoms with Crippen molar-refractivity contribution in [2.75, 3.05) is 0 Å². The third kappa shape index (κ3) is 8.91. The van der Waals surface area contributed by atoms with Gasteiger partial charge in [-0.25, -0.2) is 0 Å². The predicted octanol–water partition coefficient (Wildman–Crippen LogP) is 8.28. The fraction of sp³-hybridized carbons (Fsp3) is 0.154. The standard InChI is InChI=1S/2C13H8F3NOS.Cu/c2*1-2-3-8-4-5-9-10(6-8)19-12(17-9)7-11(18)13(14,15)16;/h2*4-7H,1H3,(H,17,18);/q;;+2/p-2. The van der Waals surface area contributed by atoms with E-state index in [-0.39, 0.29) is 27.1 Å². The molecule has 0 saturated carbocycles. The fourth-order valence-electron chi connectivity index (χ4n) is 2.84. The van der Waals surface area contributed by atoms with Crippen molar-refractivity contribution in [3.8, 4) is 23.7 Å². The second-order valence-electron chi connectivity index (χ2n) is 7.23. The second-order valence-corrected chi connectivity index (χ2v) is 9.36. The van der Waals surface area contributed by atoms with E-state index in [0.29, 0.717) is 33.3 Å². The van der Waals surface area contributed by atoms with E-state index in [2.05, 4.69) is 34.3 Å². The van der Waals surface area contributed by atoms with Gasteiger partial charge in [0.05, 0.1) is 0 Å². The number of halogens is 6. The maximum Gasteiger partial charge on any atom is 2.00 e. The van der Waals surface area contributed by atoms with Crippen LogP contribution in [0.4, 0.5) is 37.7 Å². The van der Waals surface area contributed by atoms with Crippen LogP contribution in [-0.2, 0) is 26.7 Å². The van der Waals surface area contributed by atoms with Crippen molar-refractivity contribution in [2.45, 2.75) is 36.0 Å². The van der Waals surface area contributed by atoms with Crippen molar-refractivity contribution in [2.24, 2.45) is 0 Å². The van der Waals surface area contributed by atoms with E-state index in [0.717, 1.165) is 34.7 Å². The average molecular weight is 628 g/mol. The molecular weight excluding hydrogens is 614 g/mol. The summed E-state index contributed by atoms with van der Waals surface area (Å²) in [6, 6.07) is 10.3. The zero-order valence-electron chi connectivity index (χ0n) is 19.7. The number of hydrogen-bond acceptors (Lipinski definition) is 4. The monoisotopic (exact) mass is 627 g/mol. The fourth-order valence-corrected chi connectivity index (χ4v) is 4.72. The van der Waals surface area contributed by atoms with E-state index in [1.165, 1.54) is 0 Å². The van der Waals surface area contributed by atoms with Crippen LogP contribution in [0.25, 0.3) is 10.6 Å². The van der Waals surface area contributed by atoms with Crippen LogP contribution in [0, 0.1) is 23.7 Å². The number of rotatable bonds is 2. The van der Waals surface area contributed by atoms with E-state index in [1.54, 1.807) is 50.2 Å². The Balaban J connectivity index is 0.000000267. The summed E-state index contributed by atoms with van der Waals surface area (Å²) in [7, 11) is 0. The number of alkyl halides is 6. The van der Waals surface area contributed by atoms with Gasteiger partial charge in [0.2, 0.25) is 0 Å². The van der Waals surface area contributed by atoms with Gasteiger partial charge in [0.25, 0.3) is 11.6 Å². The molecule has 0 aromatic heterocycles. The Kier molecular flexibility index (Phi) is 10.8. The van der Waals surface area contributed by atoms with E-state index in [9.17, 15) is 35.9 Å². The first-order valence-corrected chi connectivity index (χ1v) is 12.0. The summed E-state index contributed by atoms with van der Waals surface area (Å²) in [5.41, 5.74) is 2.61. The van der Waals surface area contributed by atoms with Crippen molar-refractivity contribution < 1.29 is 53.0 Å². The Morgan fingerprint density at radius 3 is 1.38 bits per heavy atom. The van der Waals surface area contributed by atoms with Crippen LogP contribution in [-0.4, -0.2) is 23.9 Å². The molecule has 2 aromatic rings. The molecule has 0 N–H and O–H groups in total. The van der Waals surface area contributed by atoms with Gasteiger partial charge in [-0.2, -0.15) is 26.3 Å².